The van der Waals surface area contributed by atoms with Crippen molar-refractivity contribution in [3.63, 3.8) is 0 Å². The van der Waals surface area contributed by atoms with Gasteiger partial charge >= 0.3 is 6.18 Å². The summed E-state index contributed by atoms with van der Waals surface area (Å²) in [6.45, 7) is 8.01. The molecule has 0 radical (unpaired) electrons. The molecule has 4 rings (SSSR count). The highest BCUT2D eigenvalue weighted by Gasteiger charge is 2.32. The number of hydrogen-bond donors (Lipinski definition) is 1. The number of H-pyrrole nitrogens is 1. The Morgan fingerprint density at radius 3 is 2.41 bits per heavy atom. The van der Waals surface area contributed by atoms with Gasteiger partial charge in [-0.25, -0.2) is 19.6 Å². The van der Waals surface area contributed by atoms with Crippen molar-refractivity contribution in [3.8, 4) is 16.9 Å². The minimum atomic E-state index is -4.20. The van der Waals surface area contributed by atoms with Gasteiger partial charge in [0.25, 0.3) is 0 Å². The van der Waals surface area contributed by atoms with E-state index in [0.29, 0.717) is 11.5 Å². The molecule has 10 heteroatoms. The third-order valence-electron chi connectivity index (χ3n) is 5.86. The van der Waals surface area contributed by atoms with Crippen LogP contribution in [0.4, 0.5) is 13.2 Å². The van der Waals surface area contributed by atoms with Crippen LogP contribution in [0.15, 0.2) is 49.3 Å². The maximum atomic E-state index is 13.0. The smallest absolute Gasteiger partial charge is 0.329 e. The number of fused-ring (bicyclic) bond motifs is 1. The van der Waals surface area contributed by atoms with Crippen LogP contribution in [0.2, 0.25) is 0 Å². The molecule has 0 saturated heterocycles. The van der Waals surface area contributed by atoms with Crippen LogP contribution in [-0.4, -0.2) is 52.9 Å². The van der Waals surface area contributed by atoms with Crippen LogP contribution in [0.25, 0.3) is 28.1 Å². The summed E-state index contributed by atoms with van der Waals surface area (Å²) in [6, 6.07) is 5.31. The average molecular weight is 472 g/mol. The van der Waals surface area contributed by atoms with E-state index in [1.54, 1.807) is 35.7 Å². The molecular formula is C24H28F3N7. The summed E-state index contributed by atoms with van der Waals surface area (Å²) in [5.41, 5.74) is 3.96. The maximum absolute atomic E-state index is 13.0. The van der Waals surface area contributed by atoms with E-state index in [1.165, 1.54) is 0 Å². The number of alkyl halides is 3. The van der Waals surface area contributed by atoms with E-state index < -0.39 is 12.6 Å². The number of aromatic nitrogens is 6. The topological polar surface area (TPSA) is 75.5 Å². The summed E-state index contributed by atoms with van der Waals surface area (Å²) in [6.07, 6.45) is 3.47. The molecule has 7 nitrogen and oxygen atoms in total. The molecule has 1 atom stereocenters. The number of pyridine rings is 2. The lowest BCUT2D eigenvalue weighted by Crippen LogP contribution is -2.40. The van der Waals surface area contributed by atoms with E-state index in [2.05, 4.69) is 29.9 Å². The van der Waals surface area contributed by atoms with Crippen molar-refractivity contribution in [1.82, 2.24) is 34.6 Å². The van der Waals surface area contributed by atoms with Crippen molar-refractivity contribution in [3.05, 3.63) is 54.9 Å². The number of rotatable bonds is 8. The van der Waals surface area contributed by atoms with Gasteiger partial charge in [0.1, 0.15) is 5.52 Å². The lowest BCUT2D eigenvalue weighted by Gasteiger charge is -2.38. The Kier molecular flexibility index (Phi) is 6.70. The van der Waals surface area contributed by atoms with Crippen molar-refractivity contribution >= 4 is 11.2 Å². The van der Waals surface area contributed by atoms with Crippen molar-refractivity contribution in [1.29, 1.82) is 0 Å². The van der Waals surface area contributed by atoms with Crippen LogP contribution in [-0.2, 0) is 0 Å². The average Bonchev–Trinajstić information content (AvgIpc) is 3.45. The van der Waals surface area contributed by atoms with Crippen LogP contribution < -0.4 is 0 Å². The predicted octanol–water partition coefficient (Wildman–Crippen LogP) is 5.71. The number of aromatic amines is 1. The highest BCUT2D eigenvalue weighted by molar-refractivity contribution is 5.88. The molecule has 1 N–H and O–H groups in total. The van der Waals surface area contributed by atoms with E-state index in [1.807, 2.05) is 46.0 Å². The summed E-state index contributed by atoms with van der Waals surface area (Å²) in [7, 11) is 0. The molecule has 4 heterocycles. The van der Waals surface area contributed by atoms with Crippen LogP contribution in [0.1, 0.15) is 52.1 Å². The SMILES string of the molecule is CC(C)N(C(C)C)C(CCC(F)(F)F)c1ccc(-n2cc(-c3ccnc4[nH]cnc34)cn2)nc1. The second-order valence-corrected chi connectivity index (χ2v) is 8.89. The first-order valence-electron chi connectivity index (χ1n) is 11.3. The van der Waals surface area contributed by atoms with Gasteiger partial charge in [-0.1, -0.05) is 6.07 Å². The Bertz CT molecular complexity index is 1220. The van der Waals surface area contributed by atoms with Gasteiger partial charge in [-0.3, -0.25) is 4.90 Å². The molecular weight excluding hydrogens is 443 g/mol. The standard InChI is InChI=1S/C24H28F3N7/c1-15(2)34(16(3)4)20(7-9-24(25,26)27)17-5-6-21(29-11-17)33-13-18(12-32-33)19-8-10-28-23-22(19)30-14-31-23/h5-6,8,10-16,20H,7,9H2,1-4H3,(H,28,30,31). The Labute approximate surface area is 196 Å². The largest absolute Gasteiger partial charge is 0.389 e. The zero-order valence-corrected chi connectivity index (χ0v) is 19.6. The third kappa shape index (κ3) is 5.11. The first-order valence-corrected chi connectivity index (χ1v) is 11.3. The fraction of sp³-hybridized carbons (Fsp3) is 0.417. The molecule has 0 aliphatic heterocycles. The Balaban J connectivity index is 1.61. The highest BCUT2D eigenvalue weighted by Crippen LogP contribution is 2.34. The van der Waals surface area contributed by atoms with Gasteiger partial charge in [-0.05, 0) is 51.8 Å². The second kappa shape index (κ2) is 9.54. The Morgan fingerprint density at radius 1 is 1.00 bits per heavy atom. The zero-order chi connectivity index (χ0) is 24.5. The molecule has 0 aliphatic carbocycles. The first kappa shape index (κ1) is 23.9. The number of hydrogen-bond acceptors (Lipinski definition) is 5. The molecule has 1 unspecified atom stereocenters. The maximum Gasteiger partial charge on any atom is 0.389 e. The van der Waals surface area contributed by atoms with Gasteiger partial charge in [0.15, 0.2) is 11.5 Å². The fourth-order valence-corrected chi connectivity index (χ4v) is 4.50. The Hall–Kier alpha value is -3.27. The van der Waals surface area contributed by atoms with E-state index in [4.69, 9.17) is 0 Å². The van der Waals surface area contributed by atoms with Crippen LogP contribution in [0, 0.1) is 0 Å². The molecule has 0 spiro atoms. The van der Waals surface area contributed by atoms with Crippen molar-refractivity contribution in [2.75, 3.05) is 0 Å². The molecule has 0 saturated carbocycles. The number of nitrogens with one attached hydrogen (secondary N) is 1. The van der Waals surface area contributed by atoms with Gasteiger partial charge in [0.05, 0.1) is 12.5 Å². The highest BCUT2D eigenvalue weighted by atomic mass is 19.4. The summed E-state index contributed by atoms with van der Waals surface area (Å²) in [5, 5.41) is 4.43. The number of halogens is 3. The first-order chi connectivity index (χ1) is 16.1. The van der Waals surface area contributed by atoms with Gasteiger partial charge in [-0.2, -0.15) is 18.3 Å². The van der Waals surface area contributed by atoms with E-state index in [9.17, 15) is 13.2 Å². The van der Waals surface area contributed by atoms with E-state index in [0.717, 1.165) is 22.2 Å². The van der Waals surface area contributed by atoms with Crippen molar-refractivity contribution in [2.24, 2.45) is 0 Å². The zero-order valence-electron chi connectivity index (χ0n) is 19.6. The van der Waals surface area contributed by atoms with E-state index >= 15 is 0 Å². The summed E-state index contributed by atoms with van der Waals surface area (Å²) < 4.78 is 40.8. The lowest BCUT2D eigenvalue weighted by atomic mass is 9.98. The van der Waals surface area contributed by atoms with Crippen LogP contribution in [0.5, 0.6) is 0 Å². The molecule has 0 fully saturated rings. The lowest BCUT2D eigenvalue weighted by molar-refractivity contribution is -0.139. The van der Waals surface area contributed by atoms with Gasteiger partial charge < -0.3 is 4.98 Å². The second-order valence-electron chi connectivity index (χ2n) is 8.89. The summed E-state index contributed by atoms with van der Waals surface area (Å²) in [5.74, 6) is 0.581. The minimum absolute atomic E-state index is 0.0193. The molecule has 4 aromatic heterocycles. The quantitative estimate of drug-likeness (QED) is 0.356. The van der Waals surface area contributed by atoms with Crippen LogP contribution >= 0.6 is 0 Å². The molecule has 4 aromatic rings. The van der Waals surface area contributed by atoms with Gasteiger partial charge in [0, 0.05) is 54.3 Å². The molecule has 0 bridgehead atoms. The Morgan fingerprint density at radius 2 is 1.76 bits per heavy atom. The number of imidazole rings is 1. The number of nitrogens with zero attached hydrogens (tertiary/aromatic N) is 6. The van der Waals surface area contributed by atoms with Crippen molar-refractivity contribution in [2.45, 2.75) is 64.8 Å². The summed E-state index contributed by atoms with van der Waals surface area (Å²) >= 11 is 0. The van der Waals surface area contributed by atoms with Gasteiger partial charge in [0.2, 0.25) is 0 Å². The monoisotopic (exact) mass is 471 g/mol. The van der Waals surface area contributed by atoms with Gasteiger partial charge in [-0.15, -0.1) is 0 Å². The molecule has 180 valence electrons. The van der Waals surface area contributed by atoms with E-state index in [-0.39, 0.29) is 24.5 Å². The van der Waals surface area contributed by atoms with Crippen molar-refractivity contribution < 1.29 is 13.2 Å². The molecule has 0 amide bonds. The minimum Gasteiger partial charge on any atom is -0.329 e. The summed E-state index contributed by atoms with van der Waals surface area (Å²) in [4.78, 5) is 18.2. The normalized spacial score (nSPS) is 13.5. The molecule has 34 heavy (non-hydrogen) atoms. The third-order valence-corrected chi connectivity index (χ3v) is 5.86. The van der Waals surface area contributed by atoms with Crippen LogP contribution in [0.3, 0.4) is 0 Å². The fourth-order valence-electron chi connectivity index (χ4n) is 4.50. The molecule has 0 aliphatic rings. The predicted molar refractivity (Wildman–Crippen MR) is 124 cm³/mol. The molecule has 0 aromatic carbocycles.